The number of hydrogen-bond acceptors (Lipinski definition) is 3. The second kappa shape index (κ2) is 6.67. The number of rotatable bonds is 3. The van der Waals surface area contributed by atoms with E-state index >= 15 is 0 Å². The molecule has 0 aliphatic carbocycles. The molecular formula is C16H22ClFN2O2. The highest BCUT2D eigenvalue weighted by Crippen LogP contribution is 2.26. The minimum absolute atomic E-state index is 0. The summed E-state index contributed by atoms with van der Waals surface area (Å²) in [6, 6.07) is 3.77. The lowest BCUT2D eigenvalue weighted by molar-refractivity contribution is -0.124. The highest BCUT2D eigenvalue weighted by Gasteiger charge is 2.27. The molecule has 2 aromatic rings. The number of fused-ring (bicyclic) bond motifs is 1. The van der Waals surface area contributed by atoms with E-state index in [0.29, 0.717) is 11.3 Å². The summed E-state index contributed by atoms with van der Waals surface area (Å²) < 4.78 is 18.9. The fraction of sp³-hybridized carbons (Fsp3) is 0.438. The normalized spacial score (nSPS) is 12.8. The van der Waals surface area contributed by atoms with Gasteiger partial charge in [-0.15, -0.1) is 12.4 Å². The molecule has 1 heterocycles. The minimum Gasteiger partial charge on any atom is -0.459 e. The van der Waals surface area contributed by atoms with Crippen molar-refractivity contribution in [2.24, 2.45) is 11.1 Å². The van der Waals surface area contributed by atoms with E-state index in [2.05, 4.69) is 5.32 Å². The van der Waals surface area contributed by atoms with Crippen LogP contribution < -0.4 is 11.1 Å². The van der Waals surface area contributed by atoms with Gasteiger partial charge in [0.2, 0.25) is 5.91 Å². The minimum atomic E-state index is -0.598. The van der Waals surface area contributed by atoms with Crippen LogP contribution in [0.4, 0.5) is 4.39 Å². The van der Waals surface area contributed by atoms with Gasteiger partial charge in [-0.2, -0.15) is 0 Å². The molecule has 0 unspecified atom stereocenters. The van der Waals surface area contributed by atoms with Gasteiger partial charge in [0.15, 0.2) is 0 Å². The Morgan fingerprint density at radius 1 is 1.41 bits per heavy atom. The molecule has 0 saturated carbocycles. The van der Waals surface area contributed by atoms with Crippen LogP contribution in [-0.2, 0) is 11.3 Å². The summed E-state index contributed by atoms with van der Waals surface area (Å²) in [5, 5.41) is 3.49. The average molecular weight is 329 g/mol. The van der Waals surface area contributed by atoms with Gasteiger partial charge < -0.3 is 15.5 Å². The van der Waals surface area contributed by atoms with E-state index in [1.54, 1.807) is 6.07 Å². The van der Waals surface area contributed by atoms with Crippen molar-refractivity contribution in [2.45, 2.75) is 40.3 Å². The van der Waals surface area contributed by atoms with E-state index < -0.39 is 6.04 Å². The largest absolute Gasteiger partial charge is 0.459 e. The molecule has 0 saturated heterocycles. The van der Waals surface area contributed by atoms with Crippen molar-refractivity contribution in [3.8, 4) is 0 Å². The molecule has 0 aliphatic rings. The topological polar surface area (TPSA) is 68.3 Å². The molecule has 3 N–H and O–H groups in total. The number of nitrogens with one attached hydrogen (secondary N) is 1. The third-order valence-electron chi connectivity index (χ3n) is 3.64. The van der Waals surface area contributed by atoms with E-state index in [0.717, 1.165) is 10.9 Å². The number of carbonyl (C=O) groups excluding carboxylic acids is 1. The van der Waals surface area contributed by atoms with Crippen molar-refractivity contribution in [1.29, 1.82) is 0 Å². The van der Waals surface area contributed by atoms with Crippen LogP contribution in [0, 0.1) is 18.2 Å². The Morgan fingerprint density at radius 3 is 2.64 bits per heavy atom. The predicted octanol–water partition coefficient (Wildman–Crippen LogP) is 3.29. The summed E-state index contributed by atoms with van der Waals surface area (Å²) in [6.45, 7) is 7.81. The van der Waals surface area contributed by atoms with Crippen molar-refractivity contribution in [3.63, 3.8) is 0 Å². The van der Waals surface area contributed by atoms with Crippen molar-refractivity contribution >= 4 is 29.3 Å². The van der Waals surface area contributed by atoms with Crippen LogP contribution in [0.1, 0.15) is 32.1 Å². The number of hydrogen-bond donors (Lipinski definition) is 2. The molecule has 122 valence electrons. The first-order valence-corrected chi connectivity index (χ1v) is 6.91. The zero-order valence-electron chi connectivity index (χ0n) is 13.2. The van der Waals surface area contributed by atoms with Gasteiger partial charge in [0.1, 0.15) is 17.2 Å². The van der Waals surface area contributed by atoms with Crippen molar-refractivity contribution in [3.05, 3.63) is 35.3 Å². The molecule has 4 nitrogen and oxygen atoms in total. The Bertz CT molecular complexity index is 677. The summed E-state index contributed by atoms with van der Waals surface area (Å²) in [5.74, 6) is 0.0790. The Kier molecular flexibility index (Phi) is 5.59. The summed E-state index contributed by atoms with van der Waals surface area (Å²) >= 11 is 0. The first-order chi connectivity index (χ1) is 9.70. The molecule has 0 spiro atoms. The monoisotopic (exact) mass is 328 g/mol. The maximum atomic E-state index is 13.2. The van der Waals surface area contributed by atoms with Crippen LogP contribution >= 0.6 is 12.4 Å². The lowest BCUT2D eigenvalue weighted by Gasteiger charge is -2.25. The van der Waals surface area contributed by atoms with Crippen LogP contribution in [0.3, 0.4) is 0 Å². The maximum absolute atomic E-state index is 13.2. The smallest absolute Gasteiger partial charge is 0.237 e. The summed E-state index contributed by atoms with van der Waals surface area (Å²) in [5.41, 5.74) is 7.03. The number of carbonyl (C=O) groups is 1. The van der Waals surface area contributed by atoms with Gasteiger partial charge in [0, 0.05) is 10.9 Å². The third-order valence-corrected chi connectivity index (χ3v) is 3.64. The van der Waals surface area contributed by atoms with Gasteiger partial charge in [-0.1, -0.05) is 20.8 Å². The van der Waals surface area contributed by atoms with E-state index in [9.17, 15) is 9.18 Å². The molecule has 2 rings (SSSR count). The van der Waals surface area contributed by atoms with Crippen LogP contribution in [0.2, 0.25) is 0 Å². The molecule has 22 heavy (non-hydrogen) atoms. The molecule has 1 aromatic carbocycles. The molecule has 1 atom stereocenters. The first-order valence-electron chi connectivity index (χ1n) is 6.91. The van der Waals surface area contributed by atoms with Gasteiger partial charge in [-0.3, -0.25) is 4.79 Å². The molecular weight excluding hydrogens is 307 g/mol. The Labute approximate surface area is 135 Å². The standard InChI is InChI=1S/C16H21FN2O2.ClH/c1-9-11-7-10(17)5-6-12(11)21-13(9)8-19-15(20)14(18)16(2,3)4;/h5-7,14H,8,18H2,1-4H3,(H,19,20);1H/t14-;/m1./s1. The number of halogens is 2. The van der Waals surface area contributed by atoms with Crippen molar-refractivity contribution in [2.75, 3.05) is 0 Å². The van der Waals surface area contributed by atoms with Gasteiger partial charge in [0.25, 0.3) is 0 Å². The van der Waals surface area contributed by atoms with Crippen molar-refractivity contribution < 1.29 is 13.6 Å². The summed E-state index contributed by atoms with van der Waals surface area (Å²) in [4.78, 5) is 12.0. The van der Waals surface area contributed by atoms with Crippen LogP contribution in [-0.4, -0.2) is 11.9 Å². The van der Waals surface area contributed by atoms with Crippen LogP contribution in [0.5, 0.6) is 0 Å². The molecule has 0 aliphatic heterocycles. The van der Waals surface area contributed by atoms with E-state index in [1.165, 1.54) is 12.1 Å². The van der Waals surface area contributed by atoms with Gasteiger partial charge in [0.05, 0.1) is 12.6 Å². The SMILES string of the molecule is Cc1c(CNC(=O)[C@@H](N)C(C)(C)C)oc2ccc(F)cc12.Cl. The van der Waals surface area contributed by atoms with Crippen LogP contribution in [0.15, 0.2) is 22.6 Å². The number of furan rings is 1. The second-order valence-electron chi connectivity index (χ2n) is 6.35. The Hall–Kier alpha value is -1.59. The lowest BCUT2D eigenvalue weighted by Crippen LogP contribution is -2.48. The van der Waals surface area contributed by atoms with Crippen LogP contribution in [0.25, 0.3) is 11.0 Å². The molecule has 0 bridgehead atoms. The van der Waals surface area contributed by atoms with E-state index in [-0.39, 0.29) is 36.1 Å². The molecule has 6 heteroatoms. The second-order valence-corrected chi connectivity index (χ2v) is 6.35. The highest BCUT2D eigenvalue weighted by molar-refractivity contribution is 5.85. The van der Waals surface area contributed by atoms with Gasteiger partial charge in [-0.05, 0) is 30.5 Å². The molecule has 1 aromatic heterocycles. The quantitative estimate of drug-likeness (QED) is 0.908. The van der Waals surface area contributed by atoms with Crippen molar-refractivity contribution in [1.82, 2.24) is 5.32 Å². The predicted molar refractivity (Wildman–Crippen MR) is 87.4 cm³/mol. The van der Waals surface area contributed by atoms with E-state index in [4.69, 9.17) is 10.2 Å². The summed E-state index contributed by atoms with van der Waals surface area (Å²) in [6.07, 6.45) is 0. The highest BCUT2D eigenvalue weighted by atomic mass is 35.5. The molecule has 1 amide bonds. The number of nitrogens with two attached hydrogens (primary N) is 1. The first kappa shape index (κ1) is 18.5. The number of amides is 1. The Morgan fingerprint density at radius 2 is 2.05 bits per heavy atom. The fourth-order valence-electron chi connectivity index (χ4n) is 2.08. The van der Waals surface area contributed by atoms with Gasteiger partial charge in [-0.25, -0.2) is 4.39 Å². The fourth-order valence-corrected chi connectivity index (χ4v) is 2.08. The van der Waals surface area contributed by atoms with E-state index in [1.807, 2.05) is 27.7 Å². The summed E-state index contributed by atoms with van der Waals surface area (Å²) in [7, 11) is 0. The Balaban J connectivity index is 0.00000242. The zero-order chi connectivity index (χ0) is 15.8. The average Bonchev–Trinajstić information content (AvgIpc) is 2.71. The number of aryl methyl sites for hydroxylation is 1. The number of benzene rings is 1. The maximum Gasteiger partial charge on any atom is 0.237 e. The lowest BCUT2D eigenvalue weighted by atomic mass is 9.87. The third kappa shape index (κ3) is 3.78. The van der Waals surface area contributed by atoms with Gasteiger partial charge >= 0.3 is 0 Å². The molecule has 0 radical (unpaired) electrons. The molecule has 0 fully saturated rings. The zero-order valence-corrected chi connectivity index (χ0v) is 14.0.